The van der Waals surface area contributed by atoms with Crippen molar-refractivity contribution in [2.75, 3.05) is 13.2 Å². The number of aliphatic hydroxyl groups excluding tert-OH is 2. The van der Waals surface area contributed by atoms with Gasteiger partial charge in [-0.1, -0.05) is 32.4 Å². The number of carbonyl (C=O) groups is 2. The van der Waals surface area contributed by atoms with Crippen LogP contribution in [0.2, 0.25) is 0 Å². The molecule has 1 heterocycles. The Morgan fingerprint density at radius 2 is 2.00 bits per heavy atom. The Bertz CT molecular complexity index is 923. The van der Waals surface area contributed by atoms with E-state index >= 15 is 0 Å². The molecule has 6 atom stereocenters. The average molecular weight is 477 g/mol. The number of benzene rings is 1. The molecule has 186 valence electrons. The van der Waals surface area contributed by atoms with Gasteiger partial charge in [0.15, 0.2) is 0 Å². The van der Waals surface area contributed by atoms with E-state index in [1.54, 1.807) is 12.1 Å². The van der Waals surface area contributed by atoms with Crippen LogP contribution in [0.15, 0.2) is 42.2 Å². The minimum absolute atomic E-state index is 0.0806. The van der Waals surface area contributed by atoms with Crippen molar-refractivity contribution in [3.05, 3.63) is 47.7 Å². The number of rotatable bonds is 9. The zero-order chi connectivity index (χ0) is 24.9. The minimum atomic E-state index is -1.96. The van der Waals surface area contributed by atoms with Crippen molar-refractivity contribution in [2.45, 2.75) is 51.1 Å². The summed E-state index contributed by atoms with van der Waals surface area (Å²) in [4.78, 5) is 24.7. The second-order valence-corrected chi connectivity index (χ2v) is 8.97. The third kappa shape index (κ3) is 5.78. The summed E-state index contributed by atoms with van der Waals surface area (Å²) in [6.07, 6.45) is 2.48. The van der Waals surface area contributed by atoms with Crippen LogP contribution in [0.5, 0.6) is 5.75 Å². The molecule has 1 saturated carbocycles. The average Bonchev–Trinajstić information content (AvgIpc) is 3.08. The van der Waals surface area contributed by atoms with Gasteiger partial charge in [0.25, 0.3) is 0 Å². The Balaban J connectivity index is 1.72. The summed E-state index contributed by atoms with van der Waals surface area (Å²) in [6.45, 7) is 2.95. The molecule has 2 aliphatic rings. The van der Waals surface area contributed by atoms with Crippen LogP contribution in [0.1, 0.15) is 38.7 Å². The summed E-state index contributed by atoms with van der Waals surface area (Å²) in [5.41, 5.74) is -0.850. The van der Waals surface area contributed by atoms with Crippen LogP contribution >= 0.6 is 0 Å². The highest BCUT2D eigenvalue weighted by Gasteiger charge is 2.61. The van der Waals surface area contributed by atoms with E-state index in [0.717, 1.165) is 12.5 Å². The predicted octanol–water partition coefficient (Wildman–Crippen LogP) is 1.89. The van der Waals surface area contributed by atoms with E-state index in [1.165, 1.54) is 24.5 Å². The lowest BCUT2D eigenvalue weighted by Crippen LogP contribution is -2.54. The second kappa shape index (κ2) is 11.0. The Labute approximate surface area is 198 Å². The fourth-order valence-corrected chi connectivity index (χ4v) is 4.33. The van der Waals surface area contributed by atoms with Crippen LogP contribution in [0.25, 0.3) is 6.08 Å². The van der Waals surface area contributed by atoms with E-state index in [9.17, 15) is 30.0 Å². The van der Waals surface area contributed by atoms with Crippen LogP contribution in [0.3, 0.4) is 0 Å². The summed E-state index contributed by atoms with van der Waals surface area (Å²) in [6, 6.07) is 6.17. The molecular formula is C25H32O9. The van der Waals surface area contributed by atoms with Crippen LogP contribution < -0.4 is 0 Å². The maximum Gasteiger partial charge on any atom is 0.330 e. The normalized spacial score (nSPS) is 29.1. The maximum atomic E-state index is 12.4. The molecule has 3 rings (SSSR count). The van der Waals surface area contributed by atoms with Crippen LogP contribution in [0, 0.1) is 17.8 Å². The topological polar surface area (TPSA) is 143 Å². The molecule has 1 aromatic carbocycles. The largest absolute Gasteiger partial charge is 0.508 e. The molecule has 0 radical (unpaired) electrons. The molecule has 1 aliphatic heterocycles. The molecule has 0 amide bonds. The van der Waals surface area contributed by atoms with E-state index in [2.05, 4.69) is 0 Å². The molecule has 1 aromatic rings. The van der Waals surface area contributed by atoms with Gasteiger partial charge >= 0.3 is 11.9 Å². The summed E-state index contributed by atoms with van der Waals surface area (Å²) in [5.74, 6) is -2.52. The summed E-state index contributed by atoms with van der Waals surface area (Å²) >= 11 is 0. The van der Waals surface area contributed by atoms with E-state index in [-0.39, 0.29) is 31.1 Å². The zero-order valence-corrected chi connectivity index (χ0v) is 19.3. The molecule has 9 heteroatoms. The molecule has 34 heavy (non-hydrogen) atoms. The van der Waals surface area contributed by atoms with Gasteiger partial charge in [-0.05, 0) is 41.7 Å². The molecule has 0 saturated heterocycles. The number of ether oxygens (including phenoxy) is 3. The number of hydrogen-bond donors (Lipinski definition) is 4. The molecule has 0 spiro atoms. The molecular weight excluding hydrogens is 444 g/mol. The molecule has 9 nitrogen and oxygen atoms in total. The van der Waals surface area contributed by atoms with Gasteiger partial charge in [0.05, 0.1) is 24.9 Å². The third-order valence-electron chi connectivity index (χ3n) is 6.58. The van der Waals surface area contributed by atoms with Gasteiger partial charge in [-0.25, -0.2) is 4.79 Å². The molecule has 1 aliphatic carbocycles. The lowest BCUT2D eigenvalue weighted by molar-refractivity contribution is -0.221. The summed E-state index contributed by atoms with van der Waals surface area (Å²) in [7, 11) is 0. The first-order valence-electron chi connectivity index (χ1n) is 11.4. The number of esters is 2. The molecule has 0 unspecified atom stereocenters. The lowest BCUT2D eigenvalue weighted by atomic mass is 9.80. The first-order valence-corrected chi connectivity index (χ1v) is 11.4. The van der Waals surface area contributed by atoms with E-state index in [1.807, 2.05) is 13.8 Å². The molecule has 1 fully saturated rings. The van der Waals surface area contributed by atoms with E-state index < -0.39 is 48.4 Å². The number of phenolic OH excluding ortho intramolecular Hbond substituents is 1. The lowest BCUT2D eigenvalue weighted by Gasteiger charge is -2.40. The Morgan fingerprint density at radius 1 is 1.29 bits per heavy atom. The van der Waals surface area contributed by atoms with Crippen molar-refractivity contribution in [3.63, 3.8) is 0 Å². The fraction of sp³-hybridized carbons (Fsp3) is 0.520. The SMILES string of the molecule is CC[C@@H](C)CC(=O)O[C@@H]1OC=C(CO)[C@H]2C[C@H](O)[C@](O)(COC(=O)/C=C/c3ccc(O)cc3)[C@@H]12. The number of aromatic hydroxyl groups is 1. The highest BCUT2D eigenvalue weighted by Crippen LogP contribution is 2.49. The monoisotopic (exact) mass is 476 g/mol. The highest BCUT2D eigenvalue weighted by atomic mass is 16.7. The zero-order valence-electron chi connectivity index (χ0n) is 19.3. The highest BCUT2D eigenvalue weighted by molar-refractivity contribution is 5.87. The van der Waals surface area contributed by atoms with Crippen LogP contribution in [-0.2, 0) is 23.8 Å². The van der Waals surface area contributed by atoms with Gasteiger partial charge in [0.2, 0.25) is 6.29 Å². The molecule has 0 bridgehead atoms. The van der Waals surface area contributed by atoms with Crippen LogP contribution in [-0.4, -0.2) is 63.6 Å². The maximum absolute atomic E-state index is 12.4. The van der Waals surface area contributed by atoms with Crippen molar-refractivity contribution in [3.8, 4) is 5.75 Å². The van der Waals surface area contributed by atoms with Gasteiger partial charge < -0.3 is 34.6 Å². The number of phenols is 1. The van der Waals surface area contributed by atoms with Crippen molar-refractivity contribution in [2.24, 2.45) is 17.8 Å². The fourth-order valence-electron chi connectivity index (χ4n) is 4.33. The van der Waals surface area contributed by atoms with Gasteiger partial charge in [-0.3, -0.25) is 4.79 Å². The summed E-state index contributed by atoms with van der Waals surface area (Å²) < 4.78 is 16.3. The van der Waals surface area contributed by atoms with Gasteiger partial charge in [0.1, 0.15) is 18.0 Å². The van der Waals surface area contributed by atoms with E-state index in [4.69, 9.17) is 14.2 Å². The van der Waals surface area contributed by atoms with Crippen molar-refractivity contribution < 1.29 is 44.2 Å². The summed E-state index contributed by atoms with van der Waals surface area (Å²) in [5, 5.41) is 41.1. The Kier molecular flexibility index (Phi) is 8.35. The van der Waals surface area contributed by atoms with E-state index in [0.29, 0.717) is 11.1 Å². The third-order valence-corrected chi connectivity index (χ3v) is 6.58. The van der Waals surface area contributed by atoms with Crippen molar-refractivity contribution in [1.29, 1.82) is 0 Å². The number of aliphatic hydroxyl groups is 3. The predicted molar refractivity (Wildman–Crippen MR) is 121 cm³/mol. The number of fused-ring (bicyclic) bond motifs is 1. The second-order valence-electron chi connectivity index (χ2n) is 8.97. The van der Waals surface area contributed by atoms with Crippen molar-refractivity contribution in [1.82, 2.24) is 0 Å². The van der Waals surface area contributed by atoms with Crippen molar-refractivity contribution >= 4 is 18.0 Å². The molecule has 4 N–H and O–H groups in total. The quantitative estimate of drug-likeness (QED) is 0.310. The van der Waals surface area contributed by atoms with Gasteiger partial charge in [0, 0.05) is 18.4 Å². The van der Waals surface area contributed by atoms with Gasteiger partial charge in [-0.2, -0.15) is 0 Å². The minimum Gasteiger partial charge on any atom is -0.508 e. The number of carbonyl (C=O) groups excluding carboxylic acids is 2. The smallest absolute Gasteiger partial charge is 0.330 e. The Hall–Kier alpha value is -2.88. The van der Waals surface area contributed by atoms with Gasteiger partial charge in [-0.15, -0.1) is 0 Å². The molecule has 0 aromatic heterocycles. The first-order chi connectivity index (χ1) is 16.2. The Morgan fingerprint density at radius 3 is 2.65 bits per heavy atom. The standard InChI is InChI=1S/C25H32O9/c1-3-15(2)10-22(30)34-24-23-19(17(12-26)13-32-24)11-20(28)25(23,31)14-33-21(29)9-6-16-4-7-18(27)8-5-16/h4-9,13,15,19-20,23-24,26-28,31H,3,10-12,14H2,1-2H3/b9-6+/t15-,19-,20+,23-,24+,25-/m1/s1. The first kappa shape index (κ1) is 25.7. The van der Waals surface area contributed by atoms with Crippen LogP contribution in [0.4, 0.5) is 0 Å². The number of hydrogen-bond acceptors (Lipinski definition) is 9.